The molecule has 0 unspecified atom stereocenters. The van der Waals surface area contributed by atoms with Crippen molar-refractivity contribution in [2.45, 2.75) is 6.54 Å². The summed E-state index contributed by atoms with van der Waals surface area (Å²) in [7, 11) is 1.42. The van der Waals surface area contributed by atoms with Crippen LogP contribution < -0.4 is 10.1 Å². The van der Waals surface area contributed by atoms with Crippen LogP contribution in [0.2, 0.25) is 0 Å². The van der Waals surface area contributed by atoms with Gasteiger partial charge >= 0.3 is 0 Å². The Hall–Kier alpha value is -2.63. The summed E-state index contributed by atoms with van der Waals surface area (Å²) in [5.41, 5.74) is 0.514. The van der Waals surface area contributed by atoms with Crippen LogP contribution in [0.4, 0.5) is 10.2 Å². The number of benzene rings is 1. The maximum Gasteiger partial charge on any atom is 0.167 e. The van der Waals surface area contributed by atoms with Gasteiger partial charge < -0.3 is 14.5 Å². The normalized spacial score (nSPS) is 10.7. The standard InChI is InChI=1S/C14H12FN3O2/c1-19-13-5-10-12(6-11(13)15)17-8-18-14(10)16-7-9-3-2-4-20-9/h2-6,8H,7H2,1H3,(H,16,17,18). The van der Waals surface area contributed by atoms with Gasteiger partial charge in [-0.15, -0.1) is 0 Å². The average molecular weight is 273 g/mol. The Balaban J connectivity index is 1.97. The summed E-state index contributed by atoms with van der Waals surface area (Å²) in [5, 5.41) is 3.83. The summed E-state index contributed by atoms with van der Waals surface area (Å²) in [6.45, 7) is 0.485. The molecule has 0 saturated carbocycles. The van der Waals surface area contributed by atoms with Crippen LogP contribution in [-0.2, 0) is 6.54 Å². The Labute approximate surface area is 114 Å². The van der Waals surface area contributed by atoms with Crippen molar-refractivity contribution >= 4 is 16.7 Å². The highest BCUT2D eigenvalue weighted by atomic mass is 19.1. The number of nitrogens with one attached hydrogen (secondary N) is 1. The third-order valence-corrected chi connectivity index (χ3v) is 2.92. The quantitative estimate of drug-likeness (QED) is 0.791. The largest absolute Gasteiger partial charge is 0.494 e. The highest BCUT2D eigenvalue weighted by Gasteiger charge is 2.10. The van der Waals surface area contributed by atoms with Gasteiger partial charge in [-0.1, -0.05) is 0 Å². The predicted molar refractivity (Wildman–Crippen MR) is 72.1 cm³/mol. The molecule has 3 rings (SSSR count). The molecule has 0 saturated heterocycles. The van der Waals surface area contributed by atoms with Gasteiger partial charge in [-0.2, -0.15) is 0 Å². The first-order chi connectivity index (χ1) is 9.78. The SMILES string of the molecule is COc1cc2c(NCc3ccco3)ncnc2cc1F. The molecule has 1 N–H and O–H groups in total. The number of hydrogen-bond acceptors (Lipinski definition) is 5. The van der Waals surface area contributed by atoms with Crippen LogP contribution >= 0.6 is 0 Å². The molecule has 0 aliphatic rings. The van der Waals surface area contributed by atoms with Crippen LogP contribution in [0.15, 0.2) is 41.3 Å². The molecule has 0 atom stereocenters. The molecule has 3 aromatic rings. The van der Waals surface area contributed by atoms with E-state index in [2.05, 4.69) is 15.3 Å². The lowest BCUT2D eigenvalue weighted by Crippen LogP contribution is -2.02. The average Bonchev–Trinajstić information content (AvgIpc) is 2.97. The summed E-state index contributed by atoms with van der Waals surface area (Å²) in [6, 6.07) is 6.58. The van der Waals surface area contributed by atoms with E-state index in [1.165, 1.54) is 19.5 Å². The number of aromatic nitrogens is 2. The Morgan fingerprint density at radius 1 is 1.35 bits per heavy atom. The first-order valence-corrected chi connectivity index (χ1v) is 6.02. The Morgan fingerprint density at radius 3 is 3.00 bits per heavy atom. The van der Waals surface area contributed by atoms with Gasteiger partial charge in [0.2, 0.25) is 0 Å². The van der Waals surface area contributed by atoms with Gasteiger partial charge in [-0.3, -0.25) is 0 Å². The summed E-state index contributed by atoms with van der Waals surface area (Å²) < 4.78 is 23.9. The van der Waals surface area contributed by atoms with Crippen molar-refractivity contribution in [3.63, 3.8) is 0 Å². The zero-order valence-corrected chi connectivity index (χ0v) is 10.8. The molecule has 0 radical (unpaired) electrons. The van der Waals surface area contributed by atoms with E-state index in [9.17, 15) is 4.39 Å². The molecule has 5 nitrogen and oxygen atoms in total. The molecule has 2 heterocycles. The second kappa shape index (κ2) is 5.16. The molecule has 0 amide bonds. The minimum atomic E-state index is -0.448. The number of fused-ring (bicyclic) bond motifs is 1. The molecule has 0 aliphatic heterocycles. The van der Waals surface area contributed by atoms with Gasteiger partial charge in [0.25, 0.3) is 0 Å². The third kappa shape index (κ3) is 2.27. The number of hydrogen-bond donors (Lipinski definition) is 1. The predicted octanol–water partition coefficient (Wildman–Crippen LogP) is 2.98. The van der Waals surface area contributed by atoms with E-state index in [0.717, 1.165) is 5.76 Å². The molecule has 1 aromatic carbocycles. The van der Waals surface area contributed by atoms with E-state index >= 15 is 0 Å². The van der Waals surface area contributed by atoms with E-state index in [-0.39, 0.29) is 5.75 Å². The third-order valence-electron chi connectivity index (χ3n) is 2.92. The van der Waals surface area contributed by atoms with Crippen molar-refractivity contribution in [3.05, 3.63) is 48.4 Å². The fourth-order valence-electron chi connectivity index (χ4n) is 1.94. The van der Waals surface area contributed by atoms with E-state index in [0.29, 0.717) is 23.3 Å². The lowest BCUT2D eigenvalue weighted by atomic mass is 10.2. The van der Waals surface area contributed by atoms with Crippen molar-refractivity contribution in [1.29, 1.82) is 0 Å². The zero-order chi connectivity index (χ0) is 13.9. The highest BCUT2D eigenvalue weighted by molar-refractivity contribution is 5.90. The van der Waals surface area contributed by atoms with Crippen molar-refractivity contribution in [1.82, 2.24) is 9.97 Å². The summed E-state index contributed by atoms with van der Waals surface area (Å²) >= 11 is 0. The molecule has 102 valence electrons. The lowest BCUT2D eigenvalue weighted by molar-refractivity contribution is 0.387. The molecular weight excluding hydrogens is 261 g/mol. The van der Waals surface area contributed by atoms with Crippen LogP contribution in [0.5, 0.6) is 5.75 Å². The molecule has 0 spiro atoms. The molecule has 0 fully saturated rings. The van der Waals surface area contributed by atoms with Gasteiger partial charge in [-0.25, -0.2) is 14.4 Å². The molecular formula is C14H12FN3O2. The van der Waals surface area contributed by atoms with Crippen molar-refractivity contribution < 1.29 is 13.5 Å². The number of halogens is 1. The number of rotatable bonds is 4. The Kier molecular flexibility index (Phi) is 3.20. The summed E-state index contributed by atoms with van der Waals surface area (Å²) in [4.78, 5) is 8.22. The fourth-order valence-corrected chi connectivity index (χ4v) is 1.94. The number of furan rings is 1. The van der Waals surface area contributed by atoms with Crippen LogP contribution in [-0.4, -0.2) is 17.1 Å². The fraction of sp³-hybridized carbons (Fsp3) is 0.143. The second-order valence-electron chi connectivity index (χ2n) is 4.16. The van der Waals surface area contributed by atoms with Crippen molar-refractivity contribution in [2.75, 3.05) is 12.4 Å². The van der Waals surface area contributed by atoms with Gasteiger partial charge in [-0.05, 0) is 18.2 Å². The lowest BCUT2D eigenvalue weighted by Gasteiger charge is -2.09. The first-order valence-electron chi connectivity index (χ1n) is 6.02. The van der Waals surface area contributed by atoms with E-state index in [1.807, 2.05) is 12.1 Å². The maximum absolute atomic E-state index is 13.6. The first kappa shape index (κ1) is 12.4. The number of nitrogens with zero attached hydrogens (tertiary/aromatic N) is 2. The summed E-state index contributed by atoms with van der Waals surface area (Å²) in [5.74, 6) is 1.10. The van der Waals surface area contributed by atoms with Crippen molar-refractivity contribution in [2.24, 2.45) is 0 Å². The summed E-state index contributed by atoms with van der Waals surface area (Å²) in [6.07, 6.45) is 2.99. The van der Waals surface area contributed by atoms with Gasteiger partial charge in [0.05, 0.1) is 25.4 Å². The number of ether oxygens (including phenoxy) is 1. The van der Waals surface area contributed by atoms with E-state index in [4.69, 9.17) is 9.15 Å². The van der Waals surface area contributed by atoms with Gasteiger partial charge in [0, 0.05) is 11.5 Å². The zero-order valence-electron chi connectivity index (χ0n) is 10.8. The Morgan fingerprint density at radius 2 is 2.25 bits per heavy atom. The van der Waals surface area contributed by atoms with Gasteiger partial charge in [0.1, 0.15) is 17.9 Å². The topological polar surface area (TPSA) is 60.2 Å². The number of anilines is 1. The molecule has 20 heavy (non-hydrogen) atoms. The monoisotopic (exact) mass is 273 g/mol. The van der Waals surface area contributed by atoms with Crippen molar-refractivity contribution in [3.8, 4) is 5.75 Å². The maximum atomic E-state index is 13.6. The number of methoxy groups -OCH3 is 1. The minimum absolute atomic E-state index is 0.161. The Bertz CT molecular complexity index is 729. The van der Waals surface area contributed by atoms with Gasteiger partial charge in [0.15, 0.2) is 11.6 Å². The highest BCUT2D eigenvalue weighted by Crippen LogP contribution is 2.27. The second-order valence-corrected chi connectivity index (χ2v) is 4.16. The minimum Gasteiger partial charge on any atom is -0.494 e. The van der Waals surface area contributed by atoms with Crippen LogP contribution in [0.25, 0.3) is 10.9 Å². The molecule has 0 aliphatic carbocycles. The van der Waals surface area contributed by atoms with Crippen LogP contribution in [0, 0.1) is 5.82 Å². The van der Waals surface area contributed by atoms with Crippen LogP contribution in [0.1, 0.15) is 5.76 Å². The van der Waals surface area contributed by atoms with Crippen LogP contribution in [0.3, 0.4) is 0 Å². The van der Waals surface area contributed by atoms with E-state index < -0.39 is 5.82 Å². The van der Waals surface area contributed by atoms with E-state index in [1.54, 1.807) is 12.3 Å². The molecule has 6 heteroatoms. The molecule has 2 aromatic heterocycles. The molecule has 0 bridgehead atoms. The smallest absolute Gasteiger partial charge is 0.167 e.